The van der Waals surface area contributed by atoms with Crippen molar-refractivity contribution in [1.82, 2.24) is 19.8 Å². The average Bonchev–Trinajstić information content (AvgIpc) is 3.41. The van der Waals surface area contributed by atoms with Crippen molar-refractivity contribution in [3.8, 4) is 0 Å². The van der Waals surface area contributed by atoms with E-state index < -0.39 is 0 Å². The molecule has 1 saturated heterocycles. The van der Waals surface area contributed by atoms with Crippen molar-refractivity contribution in [2.75, 3.05) is 26.2 Å². The molecule has 0 spiro atoms. The molecular formula is C24H24N4O2. The van der Waals surface area contributed by atoms with E-state index >= 15 is 0 Å². The van der Waals surface area contributed by atoms with Crippen molar-refractivity contribution >= 4 is 33.6 Å². The van der Waals surface area contributed by atoms with Crippen molar-refractivity contribution in [2.45, 2.75) is 12.8 Å². The lowest BCUT2D eigenvalue weighted by atomic mass is 10.1. The Morgan fingerprint density at radius 2 is 1.57 bits per heavy atom. The number of rotatable bonds is 4. The van der Waals surface area contributed by atoms with Crippen LogP contribution in [0.2, 0.25) is 0 Å². The predicted octanol–water partition coefficient (Wildman–Crippen LogP) is 3.57. The van der Waals surface area contributed by atoms with Crippen molar-refractivity contribution in [2.24, 2.45) is 0 Å². The Morgan fingerprint density at radius 1 is 0.867 bits per heavy atom. The van der Waals surface area contributed by atoms with Gasteiger partial charge in [0, 0.05) is 60.6 Å². The maximum atomic E-state index is 12.8. The lowest BCUT2D eigenvalue weighted by Crippen LogP contribution is -2.50. The maximum absolute atomic E-state index is 12.8. The van der Waals surface area contributed by atoms with Gasteiger partial charge in [-0.3, -0.25) is 9.59 Å². The third kappa shape index (κ3) is 3.45. The van der Waals surface area contributed by atoms with Gasteiger partial charge in [-0.2, -0.15) is 0 Å². The number of hydrogen-bond acceptors (Lipinski definition) is 2. The Bertz CT molecular complexity index is 1180. The van der Waals surface area contributed by atoms with Crippen LogP contribution in [-0.2, 0) is 11.2 Å². The summed E-state index contributed by atoms with van der Waals surface area (Å²) in [5, 5.41) is 2.21. The molecule has 152 valence electrons. The number of amides is 2. The Labute approximate surface area is 174 Å². The summed E-state index contributed by atoms with van der Waals surface area (Å²) in [5.74, 6) is 0.148. The van der Waals surface area contributed by atoms with E-state index in [1.54, 1.807) is 0 Å². The predicted molar refractivity (Wildman–Crippen MR) is 117 cm³/mol. The molecule has 30 heavy (non-hydrogen) atoms. The SMILES string of the molecule is O=C(CCc1c[nH]c2ccccc12)N1CCN(C(=O)c2cc3ccccc3[nH]2)CC1. The summed E-state index contributed by atoms with van der Waals surface area (Å²) in [5.41, 5.74) is 3.85. The molecule has 2 aromatic heterocycles. The van der Waals surface area contributed by atoms with Crippen LogP contribution in [0.4, 0.5) is 0 Å². The normalized spacial score (nSPS) is 14.5. The van der Waals surface area contributed by atoms with Gasteiger partial charge in [-0.1, -0.05) is 36.4 Å². The Morgan fingerprint density at radius 3 is 2.37 bits per heavy atom. The summed E-state index contributed by atoms with van der Waals surface area (Å²) in [4.78, 5) is 35.7. The standard InChI is InChI=1S/C24H24N4O2/c29-23(10-9-18-16-25-21-8-4-2-6-19(18)21)27-11-13-28(14-12-27)24(30)22-15-17-5-1-3-7-20(17)26-22/h1-8,15-16,25-26H,9-14H2. The molecule has 4 aromatic rings. The number of para-hydroxylation sites is 2. The summed E-state index contributed by atoms with van der Waals surface area (Å²) < 4.78 is 0. The third-order valence-corrected chi connectivity index (χ3v) is 5.96. The number of nitrogens with zero attached hydrogens (tertiary/aromatic N) is 2. The first kappa shape index (κ1) is 18.5. The molecule has 6 heteroatoms. The molecule has 2 amide bonds. The first-order valence-corrected chi connectivity index (χ1v) is 10.4. The van der Waals surface area contributed by atoms with Crippen LogP contribution in [0.3, 0.4) is 0 Å². The fourth-order valence-corrected chi connectivity index (χ4v) is 4.26. The summed E-state index contributed by atoms with van der Waals surface area (Å²) >= 11 is 0. The van der Waals surface area contributed by atoms with Crippen LogP contribution >= 0.6 is 0 Å². The largest absolute Gasteiger partial charge is 0.361 e. The highest BCUT2D eigenvalue weighted by Crippen LogP contribution is 2.20. The number of aromatic amines is 2. The quantitative estimate of drug-likeness (QED) is 0.550. The number of aromatic nitrogens is 2. The molecule has 3 heterocycles. The van der Waals surface area contributed by atoms with E-state index in [4.69, 9.17) is 0 Å². The Balaban J connectivity index is 1.17. The molecule has 6 nitrogen and oxygen atoms in total. The van der Waals surface area contributed by atoms with Gasteiger partial charge in [0.2, 0.25) is 5.91 Å². The van der Waals surface area contributed by atoms with Crippen molar-refractivity contribution in [3.05, 3.63) is 72.1 Å². The van der Waals surface area contributed by atoms with Crippen molar-refractivity contribution in [3.63, 3.8) is 0 Å². The maximum Gasteiger partial charge on any atom is 0.270 e. The first-order valence-electron chi connectivity index (χ1n) is 10.4. The van der Waals surface area contributed by atoms with Gasteiger partial charge in [0.1, 0.15) is 5.69 Å². The number of hydrogen-bond donors (Lipinski definition) is 2. The van der Waals surface area contributed by atoms with Crippen LogP contribution in [0.25, 0.3) is 21.8 Å². The molecule has 2 aromatic carbocycles. The number of H-pyrrole nitrogens is 2. The van der Waals surface area contributed by atoms with E-state index in [1.165, 1.54) is 10.9 Å². The number of fused-ring (bicyclic) bond motifs is 2. The van der Waals surface area contributed by atoms with Crippen LogP contribution in [-0.4, -0.2) is 57.8 Å². The number of nitrogens with one attached hydrogen (secondary N) is 2. The van der Waals surface area contributed by atoms with Crippen LogP contribution < -0.4 is 0 Å². The van der Waals surface area contributed by atoms with Gasteiger partial charge >= 0.3 is 0 Å². The van der Waals surface area contributed by atoms with Crippen molar-refractivity contribution in [1.29, 1.82) is 0 Å². The van der Waals surface area contributed by atoms with Crippen LogP contribution in [0, 0.1) is 0 Å². The second-order valence-electron chi connectivity index (χ2n) is 7.80. The average molecular weight is 400 g/mol. The lowest BCUT2D eigenvalue weighted by Gasteiger charge is -2.34. The molecule has 2 N–H and O–H groups in total. The number of benzene rings is 2. The lowest BCUT2D eigenvalue weighted by molar-refractivity contribution is -0.132. The van der Waals surface area contributed by atoms with E-state index in [2.05, 4.69) is 16.0 Å². The molecule has 1 aliphatic rings. The summed E-state index contributed by atoms with van der Waals surface area (Å²) in [7, 11) is 0. The highest BCUT2D eigenvalue weighted by molar-refractivity contribution is 5.98. The highest BCUT2D eigenvalue weighted by atomic mass is 16.2. The molecule has 5 rings (SSSR count). The molecule has 0 aliphatic carbocycles. The molecule has 0 bridgehead atoms. The molecule has 0 atom stereocenters. The smallest absolute Gasteiger partial charge is 0.270 e. The van der Waals surface area contributed by atoms with Gasteiger partial charge in [0.25, 0.3) is 5.91 Å². The minimum absolute atomic E-state index is 0.00269. The van der Waals surface area contributed by atoms with Gasteiger partial charge in [-0.25, -0.2) is 0 Å². The van der Waals surface area contributed by atoms with Gasteiger partial charge in [0.05, 0.1) is 0 Å². The van der Waals surface area contributed by atoms with E-state index in [0.717, 1.165) is 22.8 Å². The summed E-state index contributed by atoms with van der Waals surface area (Å²) in [6.45, 7) is 2.29. The minimum Gasteiger partial charge on any atom is -0.361 e. The number of piperazine rings is 1. The Hall–Kier alpha value is -3.54. The molecule has 1 aliphatic heterocycles. The zero-order valence-electron chi connectivity index (χ0n) is 16.7. The first-order chi connectivity index (χ1) is 14.7. The Kier molecular flexibility index (Phi) is 4.75. The van der Waals surface area contributed by atoms with Crippen LogP contribution in [0.1, 0.15) is 22.5 Å². The second kappa shape index (κ2) is 7.71. The fraction of sp³-hybridized carbons (Fsp3) is 0.250. The zero-order valence-corrected chi connectivity index (χ0v) is 16.7. The van der Waals surface area contributed by atoms with Gasteiger partial charge in [-0.15, -0.1) is 0 Å². The molecule has 0 radical (unpaired) electrons. The highest BCUT2D eigenvalue weighted by Gasteiger charge is 2.25. The van der Waals surface area contributed by atoms with Crippen LogP contribution in [0.5, 0.6) is 0 Å². The second-order valence-corrected chi connectivity index (χ2v) is 7.80. The van der Waals surface area contributed by atoms with E-state index in [-0.39, 0.29) is 11.8 Å². The van der Waals surface area contributed by atoms with E-state index in [9.17, 15) is 9.59 Å². The molecular weight excluding hydrogens is 376 g/mol. The number of aryl methyl sites for hydroxylation is 1. The third-order valence-electron chi connectivity index (χ3n) is 5.96. The van der Waals surface area contributed by atoms with E-state index in [0.29, 0.717) is 38.3 Å². The van der Waals surface area contributed by atoms with Gasteiger partial charge in [0.15, 0.2) is 0 Å². The monoisotopic (exact) mass is 400 g/mol. The summed E-state index contributed by atoms with van der Waals surface area (Å²) in [6.07, 6.45) is 3.20. The minimum atomic E-state index is -0.00269. The topological polar surface area (TPSA) is 72.2 Å². The number of carbonyl (C=O) groups is 2. The van der Waals surface area contributed by atoms with Crippen LogP contribution in [0.15, 0.2) is 60.8 Å². The molecule has 0 unspecified atom stereocenters. The van der Waals surface area contributed by atoms with Crippen molar-refractivity contribution < 1.29 is 9.59 Å². The molecule has 1 fully saturated rings. The van der Waals surface area contributed by atoms with Gasteiger partial charge in [-0.05, 0) is 30.2 Å². The zero-order chi connectivity index (χ0) is 20.5. The summed E-state index contributed by atoms with van der Waals surface area (Å²) in [6, 6.07) is 17.9. The fourth-order valence-electron chi connectivity index (χ4n) is 4.26. The molecule has 0 saturated carbocycles. The van der Waals surface area contributed by atoms with E-state index in [1.807, 2.05) is 64.5 Å². The van der Waals surface area contributed by atoms with Gasteiger partial charge < -0.3 is 19.8 Å². The number of carbonyl (C=O) groups excluding carboxylic acids is 2.